The van der Waals surface area contributed by atoms with Gasteiger partial charge in [-0.05, 0) is 18.1 Å². The average Bonchev–Trinajstić information content (AvgIpc) is 3.01. The zero-order valence-electron chi connectivity index (χ0n) is 14.9. The average molecular weight is 491 g/mol. The molecule has 0 saturated heterocycles. The summed E-state index contributed by atoms with van der Waals surface area (Å²) in [5.74, 6) is 2.51. The third-order valence-electron chi connectivity index (χ3n) is 4.14. The second kappa shape index (κ2) is 10.1. The molecule has 0 amide bonds. The first-order valence-corrected chi connectivity index (χ1v) is 8.69. The minimum Gasteiger partial charge on any atom is -0.377 e. The molecule has 2 N–H and O–H groups in total. The van der Waals surface area contributed by atoms with E-state index in [1.54, 1.807) is 14.2 Å². The summed E-state index contributed by atoms with van der Waals surface area (Å²) in [6.07, 6.45) is 1.87. The number of fused-ring (bicyclic) bond motifs is 1. The number of aryl methyl sites for hydroxylation is 1. The van der Waals surface area contributed by atoms with E-state index in [4.69, 9.17) is 16.3 Å². The largest absolute Gasteiger partial charge is 0.377 e. The van der Waals surface area contributed by atoms with Crippen LogP contribution in [0.25, 0.3) is 0 Å². The van der Waals surface area contributed by atoms with E-state index in [0.717, 1.165) is 47.6 Å². The Morgan fingerprint density at radius 3 is 2.96 bits per heavy atom. The van der Waals surface area contributed by atoms with Crippen LogP contribution in [-0.4, -0.2) is 40.9 Å². The Bertz CT molecular complexity index is 751. The highest BCUT2D eigenvalue weighted by molar-refractivity contribution is 14.0. The molecule has 9 heteroatoms. The van der Waals surface area contributed by atoms with Gasteiger partial charge in [0.1, 0.15) is 12.4 Å². The van der Waals surface area contributed by atoms with E-state index in [1.165, 1.54) is 0 Å². The van der Waals surface area contributed by atoms with Crippen molar-refractivity contribution in [1.29, 1.82) is 0 Å². The van der Waals surface area contributed by atoms with Gasteiger partial charge in [0.15, 0.2) is 11.8 Å². The quantitative estimate of drug-likeness (QED) is 0.382. The third-order valence-corrected chi connectivity index (χ3v) is 4.51. The van der Waals surface area contributed by atoms with Crippen LogP contribution >= 0.6 is 35.6 Å². The van der Waals surface area contributed by atoms with Crippen molar-refractivity contribution < 1.29 is 4.74 Å². The number of aliphatic imine (C=N–C) groups is 1. The van der Waals surface area contributed by atoms with E-state index < -0.39 is 0 Å². The van der Waals surface area contributed by atoms with Crippen LogP contribution in [0.2, 0.25) is 5.02 Å². The summed E-state index contributed by atoms with van der Waals surface area (Å²) in [5.41, 5.74) is 1.04. The molecule has 1 aliphatic rings. The lowest BCUT2D eigenvalue weighted by atomic mass is 10.1. The van der Waals surface area contributed by atoms with Crippen molar-refractivity contribution in [1.82, 2.24) is 25.4 Å². The maximum Gasteiger partial charge on any atom is 0.191 e. The van der Waals surface area contributed by atoms with Crippen molar-refractivity contribution in [2.75, 3.05) is 14.2 Å². The molecule has 1 aromatic carbocycles. The van der Waals surface area contributed by atoms with E-state index in [-0.39, 0.29) is 30.0 Å². The molecule has 0 fully saturated rings. The minimum atomic E-state index is 0. The summed E-state index contributed by atoms with van der Waals surface area (Å²) in [4.78, 5) is 8.80. The number of rotatable bonds is 5. The summed E-state index contributed by atoms with van der Waals surface area (Å²) >= 11 is 6.20. The zero-order valence-corrected chi connectivity index (χ0v) is 18.0. The number of hydrogen-bond donors (Lipinski definition) is 2. The summed E-state index contributed by atoms with van der Waals surface area (Å²) in [5, 5.41) is 12.0. The first-order chi connectivity index (χ1) is 12.2. The molecule has 26 heavy (non-hydrogen) atoms. The Morgan fingerprint density at radius 2 is 2.23 bits per heavy atom. The highest BCUT2D eigenvalue weighted by Crippen LogP contribution is 2.15. The number of nitrogens with zero attached hydrogens (tertiary/aromatic N) is 4. The van der Waals surface area contributed by atoms with E-state index in [1.807, 2.05) is 28.9 Å². The van der Waals surface area contributed by atoms with E-state index >= 15 is 0 Å². The number of benzene rings is 1. The summed E-state index contributed by atoms with van der Waals surface area (Å²) < 4.78 is 7.06. The van der Waals surface area contributed by atoms with E-state index in [0.29, 0.717) is 13.2 Å². The van der Waals surface area contributed by atoms with E-state index in [2.05, 4.69) is 25.7 Å². The Balaban J connectivity index is 0.00000243. The number of hydrogen-bond acceptors (Lipinski definition) is 4. The van der Waals surface area contributed by atoms with Crippen molar-refractivity contribution in [3.8, 4) is 0 Å². The predicted octanol–water partition coefficient (Wildman–Crippen LogP) is 2.38. The van der Waals surface area contributed by atoms with Gasteiger partial charge in [0.2, 0.25) is 0 Å². The Labute approximate surface area is 175 Å². The number of methoxy groups -OCH3 is 1. The summed E-state index contributed by atoms with van der Waals surface area (Å²) in [6, 6.07) is 8.04. The molecule has 1 atom stereocenters. The standard InChI is InChI=1S/C17H23ClN6O.HI/c1-19-17(20-9-12-5-3-4-6-14(12)18)21-13-7-8-16-22-15(11-25-2)23-24(16)10-13;/h3-6,13H,7-11H2,1-2H3,(H2,19,20,21);1H. The van der Waals surface area contributed by atoms with Crippen LogP contribution < -0.4 is 10.6 Å². The van der Waals surface area contributed by atoms with Crippen LogP contribution in [0.3, 0.4) is 0 Å². The monoisotopic (exact) mass is 490 g/mol. The third kappa shape index (κ3) is 5.31. The highest BCUT2D eigenvalue weighted by atomic mass is 127. The molecule has 1 unspecified atom stereocenters. The van der Waals surface area contributed by atoms with Crippen LogP contribution in [0.4, 0.5) is 0 Å². The van der Waals surface area contributed by atoms with Crippen molar-refractivity contribution in [2.24, 2.45) is 4.99 Å². The normalized spacial score (nSPS) is 16.6. The lowest BCUT2D eigenvalue weighted by Gasteiger charge is -2.25. The molecule has 1 aliphatic heterocycles. The van der Waals surface area contributed by atoms with Crippen LogP contribution in [-0.2, 0) is 30.9 Å². The minimum absolute atomic E-state index is 0. The number of nitrogens with one attached hydrogen (secondary N) is 2. The lowest BCUT2D eigenvalue weighted by molar-refractivity contribution is 0.177. The molecule has 2 heterocycles. The number of halogens is 2. The van der Waals surface area contributed by atoms with Crippen molar-refractivity contribution in [2.45, 2.75) is 38.6 Å². The van der Waals surface area contributed by atoms with Gasteiger partial charge in [-0.25, -0.2) is 9.67 Å². The molecule has 0 bridgehead atoms. The molecule has 0 aliphatic carbocycles. The van der Waals surface area contributed by atoms with Crippen molar-refractivity contribution in [3.05, 3.63) is 46.5 Å². The molecule has 0 radical (unpaired) electrons. The van der Waals surface area contributed by atoms with Gasteiger partial charge in [-0.1, -0.05) is 29.8 Å². The molecule has 0 spiro atoms. The van der Waals surface area contributed by atoms with Crippen LogP contribution in [0.15, 0.2) is 29.3 Å². The van der Waals surface area contributed by atoms with Crippen molar-refractivity contribution >= 4 is 41.5 Å². The predicted molar refractivity (Wildman–Crippen MR) is 113 cm³/mol. The second-order valence-electron chi connectivity index (χ2n) is 5.96. The Hall–Kier alpha value is -1.39. The van der Waals surface area contributed by atoms with Gasteiger partial charge in [0.25, 0.3) is 0 Å². The summed E-state index contributed by atoms with van der Waals surface area (Å²) in [6.45, 7) is 1.83. The molecule has 142 valence electrons. The van der Waals surface area contributed by atoms with Gasteiger partial charge in [-0.15, -0.1) is 24.0 Å². The lowest BCUT2D eigenvalue weighted by Crippen LogP contribution is -2.46. The maximum atomic E-state index is 6.20. The summed E-state index contributed by atoms with van der Waals surface area (Å²) in [7, 11) is 3.42. The molecule has 0 saturated carbocycles. The van der Waals surface area contributed by atoms with Gasteiger partial charge in [-0.2, -0.15) is 5.10 Å². The van der Waals surface area contributed by atoms with Gasteiger partial charge in [-0.3, -0.25) is 4.99 Å². The molecular weight excluding hydrogens is 467 g/mol. The number of ether oxygens (including phenoxy) is 1. The van der Waals surface area contributed by atoms with Gasteiger partial charge in [0, 0.05) is 38.2 Å². The second-order valence-corrected chi connectivity index (χ2v) is 6.36. The fourth-order valence-corrected chi connectivity index (χ4v) is 3.08. The van der Waals surface area contributed by atoms with Gasteiger partial charge >= 0.3 is 0 Å². The molecule has 1 aromatic heterocycles. The molecular formula is C17H24ClIN6O. The number of guanidine groups is 1. The first-order valence-electron chi connectivity index (χ1n) is 8.31. The fraction of sp³-hybridized carbons (Fsp3) is 0.471. The Kier molecular flexibility index (Phi) is 8.11. The Morgan fingerprint density at radius 1 is 1.42 bits per heavy atom. The van der Waals surface area contributed by atoms with Gasteiger partial charge < -0.3 is 15.4 Å². The van der Waals surface area contributed by atoms with Crippen LogP contribution in [0.5, 0.6) is 0 Å². The fourth-order valence-electron chi connectivity index (χ4n) is 2.88. The molecule has 7 nitrogen and oxygen atoms in total. The first kappa shape index (κ1) is 20.9. The SMILES string of the molecule is CN=C(NCc1ccccc1Cl)NC1CCc2nc(COC)nn2C1.I. The smallest absolute Gasteiger partial charge is 0.191 e. The van der Waals surface area contributed by atoms with Gasteiger partial charge in [0.05, 0.1) is 6.54 Å². The van der Waals surface area contributed by atoms with Crippen LogP contribution in [0.1, 0.15) is 23.6 Å². The van der Waals surface area contributed by atoms with E-state index in [9.17, 15) is 0 Å². The zero-order chi connectivity index (χ0) is 17.6. The molecule has 3 rings (SSSR count). The van der Waals surface area contributed by atoms with Crippen molar-refractivity contribution in [3.63, 3.8) is 0 Å². The topological polar surface area (TPSA) is 76.4 Å². The highest BCUT2D eigenvalue weighted by Gasteiger charge is 2.22. The molecule has 2 aromatic rings. The number of aromatic nitrogens is 3. The maximum absolute atomic E-state index is 6.20. The van der Waals surface area contributed by atoms with Crippen LogP contribution in [0, 0.1) is 0 Å².